The molecule has 0 aliphatic carbocycles. The van der Waals surface area contributed by atoms with Crippen LogP contribution in [-0.2, 0) is 6.42 Å². The van der Waals surface area contributed by atoms with Crippen LogP contribution in [0.4, 0.5) is 5.69 Å². The fourth-order valence-corrected chi connectivity index (χ4v) is 3.27. The molecule has 0 radical (unpaired) electrons. The Morgan fingerprint density at radius 2 is 1.70 bits per heavy atom. The summed E-state index contributed by atoms with van der Waals surface area (Å²) in [5.41, 5.74) is 2.56. The predicted octanol–water partition coefficient (Wildman–Crippen LogP) is 5.34. The zero-order chi connectivity index (χ0) is 20.9. The number of carbonyl (C=O) groups excluding carboxylic acids is 1. The third kappa shape index (κ3) is 3.98. The zero-order valence-electron chi connectivity index (χ0n) is 17.0. The Balaban J connectivity index is 1.56. The van der Waals surface area contributed by atoms with Gasteiger partial charge in [0.1, 0.15) is 17.2 Å². The van der Waals surface area contributed by atoms with Crippen LogP contribution in [0.25, 0.3) is 5.65 Å². The first kappa shape index (κ1) is 19.5. The summed E-state index contributed by atoms with van der Waals surface area (Å²) in [6, 6.07) is 20.6. The highest BCUT2D eigenvalue weighted by Crippen LogP contribution is 2.25. The molecule has 0 aliphatic rings. The monoisotopic (exact) mass is 401 g/mol. The Morgan fingerprint density at radius 3 is 2.40 bits per heavy atom. The average Bonchev–Trinajstić information content (AvgIpc) is 3.16. The number of fused-ring (bicyclic) bond motifs is 1. The molecule has 0 spiro atoms. The summed E-state index contributed by atoms with van der Waals surface area (Å²) in [5.74, 6) is 1.91. The molecule has 4 aromatic rings. The number of pyridine rings is 1. The number of carbonyl (C=O) groups is 1. The topological polar surface area (TPSA) is 64.9 Å². The summed E-state index contributed by atoms with van der Waals surface area (Å²) in [6.07, 6.45) is 2.47. The lowest BCUT2D eigenvalue weighted by Gasteiger charge is -2.09. The van der Waals surface area contributed by atoms with Crippen LogP contribution in [-0.4, -0.2) is 21.9 Å². The molecule has 1 N–H and O–H groups in total. The largest absolute Gasteiger partial charge is 0.490 e. The number of hydrogen-bond donors (Lipinski definition) is 1. The Bertz CT molecular complexity index is 1150. The van der Waals surface area contributed by atoms with Crippen molar-refractivity contribution in [3.8, 4) is 17.2 Å². The third-order valence-electron chi connectivity index (χ3n) is 4.63. The van der Waals surface area contributed by atoms with Crippen molar-refractivity contribution >= 4 is 17.2 Å². The van der Waals surface area contributed by atoms with E-state index in [0.29, 0.717) is 41.6 Å². The molecule has 0 bridgehead atoms. The van der Waals surface area contributed by atoms with Crippen LogP contribution in [0.2, 0.25) is 0 Å². The molecule has 2 heterocycles. The minimum atomic E-state index is -0.218. The van der Waals surface area contributed by atoms with E-state index in [1.165, 1.54) is 0 Å². The van der Waals surface area contributed by atoms with Crippen molar-refractivity contribution < 1.29 is 14.3 Å². The first-order valence-electron chi connectivity index (χ1n) is 9.96. The van der Waals surface area contributed by atoms with Gasteiger partial charge in [-0.25, -0.2) is 4.98 Å². The third-order valence-corrected chi connectivity index (χ3v) is 4.63. The maximum absolute atomic E-state index is 13.1. The van der Waals surface area contributed by atoms with E-state index in [1.807, 2.05) is 86.8 Å². The van der Waals surface area contributed by atoms with E-state index in [-0.39, 0.29) is 5.91 Å². The van der Waals surface area contributed by atoms with Gasteiger partial charge in [0.25, 0.3) is 5.91 Å². The average molecular weight is 401 g/mol. The Kier molecular flexibility index (Phi) is 5.66. The van der Waals surface area contributed by atoms with Gasteiger partial charge in [0.15, 0.2) is 11.4 Å². The number of ether oxygens (including phenoxy) is 2. The molecule has 6 heteroatoms. The number of aryl methyl sites for hydroxylation is 1. The molecule has 0 atom stereocenters. The lowest BCUT2D eigenvalue weighted by Crippen LogP contribution is -2.16. The van der Waals surface area contributed by atoms with Crippen molar-refractivity contribution in [1.82, 2.24) is 9.38 Å². The molecule has 6 nitrogen and oxygen atoms in total. The summed E-state index contributed by atoms with van der Waals surface area (Å²) >= 11 is 0. The number of benzene rings is 2. The minimum absolute atomic E-state index is 0.218. The quantitative estimate of drug-likeness (QED) is 0.454. The first-order valence-corrected chi connectivity index (χ1v) is 9.96. The predicted molar refractivity (Wildman–Crippen MR) is 117 cm³/mol. The Morgan fingerprint density at radius 1 is 0.967 bits per heavy atom. The summed E-state index contributed by atoms with van der Waals surface area (Å²) in [7, 11) is 0. The van der Waals surface area contributed by atoms with Gasteiger partial charge in [-0.15, -0.1) is 0 Å². The smallest absolute Gasteiger partial charge is 0.274 e. The van der Waals surface area contributed by atoms with E-state index in [1.54, 1.807) is 4.40 Å². The second-order valence-corrected chi connectivity index (χ2v) is 6.65. The van der Waals surface area contributed by atoms with Crippen molar-refractivity contribution in [2.45, 2.75) is 20.3 Å². The van der Waals surface area contributed by atoms with Crippen molar-refractivity contribution in [2.75, 3.05) is 11.9 Å². The molecule has 0 aliphatic heterocycles. The number of rotatable bonds is 7. The molecule has 0 saturated carbocycles. The van der Waals surface area contributed by atoms with E-state index < -0.39 is 0 Å². The van der Waals surface area contributed by atoms with Crippen LogP contribution in [0.1, 0.15) is 30.0 Å². The highest BCUT2D eigenvalue weighted by Gasteiger charge is 2.20. The molecule has 2 aromatic heterocycles. The van der Waals surface area contributed by atoms with Crippen molar-refractivity contribution in [3.05, 3.63) is 84.3 Å². The van der Waals surface area contributed by atoms with E-state index >= 15 is 0 Å². The molecule has 2 aromatic carbocycles. The number of nitrogens with one attached hydrogen (secondary N) is 1. The van der Waals surface area contributed by atoms with E-state index in [4.69, 9.17) is 9.47 Å². The molecule has 0 fully saturated rings. The second-order valence-electron chi connectivity index (χ2n) is 6.65. The minimum Gasteiger partial charge on any atom is -0.490 e. The standard InChI is InChI=1S/C24H23N3O3/c1-3-20-22(27-16-8-11-21(29-4-2)23(27)26-20)24(28)25-17-12-14-19(15-13-17)30-18-9-6-5-7-10-18/h5-16H,3-4H2,1-2H3,(H,25,28). The van der Waals surface area contributed by atoms with Gasteiger partial charge in [-0.2, -0.15) is 0 Å². The highest BCUT2D eigenvalue weighted by molar-refractivity contribution is 6.04. The summed E-state index contributed by atoms with van der Waals surface area (Å²) in [6.45, 7) is 4.44. The van der Waals surface area contributed by atoms with Gasteiger partial charge >= 0.3 is 0 Å². The Labute approximate surface area is 175 Å². The van der Waals surface area contributed by atoms with Gasteiger partial charge in [0.2, 0.25) is 0 Å². The number of para-hydroxylation sites is 1. The van der Waals surface area contributed by atoms with Crippen LogP contribution in [0, 0.1) is 0 Å². The zero-order valence-corrected chi connectivity index (χ0v) is 17.0. The van der Waals surface area contributed by atoms with E-state index in [9.17, 15) is 4.79 Å². The number of anilines is 1. The SMILES string of the molecule is CCOc1cccn2c(C(=O)Nc3ccc(Oc4ccccc4)cc3)c(CC)nc12. The van der Waals surface area contributed by atoms with Gasteiger partial charge in [-0.3, -0.25) is 9.20 Å². The van der Waals surface area contributed by atoms with Gasteiger partial charge in [0.05, 0.1) is 12.3 Å². The van der Waals surface area contributed by atoms with Gasteiger partial charge in [0, 0.05) is 11.9 Å². The summed E-state index contributed by atoms with van der Waals surface area (Å²) < 4.78 is 13.2. The van der Waals surface area contributed by atoms with Crippen molar-refractivity contribution in [2.24, 2.45) is 0 Å². The fourth-order valence-electron chi connectivity index (χ4n) is 3.27. The van der Waals surface area contributed by atoms with Crippen LogP contribution >= 0.6 is 0 Å². The molecular formula is C24H23N3O3. The number of amides is 1. The van der Waals surface area contributed by atoms with Crippen LogP contribution in [0.5, 0.6) is 17.2 Å². The number of hydrogen-bond acceptors (Lipinski definition) is 4. The summed E-state index contributed by atoms with van der Waals surface area (Å²) in [5, 5.41) is 2.96. The fraction of sp³-hybridized carbons (Fsp3) is 0.167. The van der Waals surface area contributed by atoms with Gasteiger partial charge < -0.3 is 14.8 Å². The molecule has 0 unspecified atom stereocenters. The molecule has 30 heavy (non-hydrogen) atoms. The molecule has 4 rings (SSSR count). The normalized spacial score (nSPS) is 10.7. The number of aromatic nitrogens is 2. The van der Waals surface area contributed by atoms with Gasteiger partial charge in [-0.1, -0.05) is 25.1 Å². The van der Waals surface area contributed by atoms with Crippen LogP contribution < -0.4 is 14.8 Å². The highest BCUT2D eigenvalue weighted by atomic mass is 16.5. The number of nitrogens with zero attached hydrogens (tertiary/aromatic N) is 2. The molecule has 1 amide bonds. The number of imidazole rings is 1. The second kappa shape index (κ2) is 8.69. The molecular weight excluding hydrogens is 378 g/mol. The molecule has 152 valence electrons. The maximum atomic E-state index is 13.1. The summed E-state index contributed by atoms with van der Waals surface area (Å²) in [4.78, 5) is 17.7. The first-order chi connectivity index (χ1) is 14.7. The Hall–Kier alpha value is -3.80. The van der Waals surface area contributed by atoms with E-state index in [2.05, 4.69) is 10.3 Å². The van der Waals surface area contributed by atoms with E-state index in [0.717, 1.165) is 11.4 Å². The lowest BCUT2D eigenvalue weighted by molar-refractivity contribution is 0.102. The van der Waals surface area contributed by atoms with Crippen molar-refractivity contribution in [3.63, 3.8) is 0 Å². The maximum Gasteiger partial charge on any atom is 0.274 e. The van der Waals surface area contributed by atoms with Gasteiger partial charge in [-0.05, 0) is 61.9 Å². The van der Waals surface area contributed by atoms with Crippen LogP contribution in [0.3, 0.4) is 0 Å². The van der Waals surface area contributed by atoms with Crippen molar-refractivity contribution in [1.29, 1.82) is 0 Å². The molecule has 0 saturated heterocycles. The van der Waals surface area contributed by atoms with Crippen LogP contribution in [0.15, 0.2) is 72.9 Å². The lowest BCUT2D eigenvalue weighted by atomic mass is 10.2.